The van der Waals surface area contributed by atoms with Crippen molar-refractivity contribution < 1.29 is 8.78 Å². The Labute approximate surface area is 238 Å². The fraction of sp³-hybridized carbons (Fsp3) is 0.629. The van der Waals surface area contributed by atoms with E-state index in [1.165, 1.54) is 24.6 Å². The van der Waals surface area contributed by atoms with Crippen molar-refractivity contribution in [1.82, 2.24) is 4.98 Å². The van der Waals surface area contributed by atoms with Crippen molar-refractivity contribution in [3.05, 3.63) is 77.9 Å². The third-order valence-corrected chi connectivity index (χ3v) is 5.30. The fourth-order valence-electron chi connectivity index (χ4n) is 3.17. The molecule has 0 N–H and O–H groups in total. The van der Waals surface area contributed by atoms with Crippen LogP contribution >= 0.6 is 0 Å². The molecule has 1 saturated carbocycles. The van der Waals surface area contributed by atoms with E-state index in [0.29, 0.717) is 17.9 Å². The van der Waals surface area contributed by atoms with Crippen molar-refractivity contribution >= 4 is 0 Å². The Kier molecular flexibility index (Phi) is 35.6. The lowest BCUT2D eigenvalue weighted by Gasteiger charge is -2.22. The maximum Gasteiger partial charge on any atom is 0.144 e. The molecule has 0 aliphatic heterocycles. The third-order valence-electron chi connectivity index (χ3n) is 5.30. The number of fused-ring (bicyclic) bond motifs is 1. The number of nitrogens with zero attached hydrogens (tertiary/aromatic N) is 1. The SMILES string of the molecule is C=CC.CC.CC.CC.CC.CC(C)C1=CC=CC2(C)CC12F.CC/C=C(/C)CC.Cc1ccncc1F. The second-order valence-electron chi connectivity index (χ2n) is 8.38. The van der Waals surface area contributed by atoms with Gasteiger partial charge < -0.3 is 0 Å². The summed E-state index contributed by atoms with van der Waals surface area (Å²) in [6.45, 7) is 35.6. The first-order valence-corrected chi connectivity index (χ1v) is 14.9. The van der Waals surface area contributed by atoms with Gasteiger partial charge in [0.1, 0.15) is 11.5 Å². The summed E-state index contributed by atoms with van der Waals surface area (Å²) < 4.78 is 26.4. The molecule has 0 bridgehead atoms. The van der Waals surface area contributed by atoms with Gasteiger partial charge in [0.15, 0.2) is 0 Å². The average molecular weight is 538 g/mol. The number of alkyl halides is 1. The van der Waals surface area contributed by atoms with E-state index in [-0.39, 0.29) is 11.2 Å². The molecule has 0 radical (unpaired) electrons. The van der Waals surface area contributed by atoms with E-state index in [1.54, 1.807) is 25.3 Å². The minimum Gasteiger partial charge on any atom is -0.262 e. The van der Waals surface area contributed by atoms with Gasteiger partial charge in [0, 0.05) is 11.6 Å². The van der Waals surface area contributed by atoms with Gasteiger partial charge >= 0.3 is 0 Å². The van der Waals surface area contributed by atoms with Crippen LogP contribution in [0, 0.1) is 24.1 Å². The highest BCUT2D eigenvalue weighted by atomic mass is 19.1. The van der Waals surface area contributed by atoms with E-state index in [4.69, 9.17) is 0 Å². The monoisotopic (exact) mass is 538 g/mol. The molecule has 0 aromatic carbocycles. The summed E-state index contributed by atoms with van der Waals surface area (Å²) in [5.74, 6) is 0.0919. The smallest absolute Gasteiger partial charge is 0.144 e. The maximum atomic E-state index is 14.1. The summed E-state index contributed by atoms with van der Waals surface area (Å²) in [5, 5.41) is 0. The first-order chi connectivity index (χ1) is 18.0. The van der Waals surface area contributed by atoms with Crippen molar-refractivity contribution in [3.63, 3.8) is 0 Å². The molecule has 2 unspecified atom stereocenters. The normalized spacial score (nSPS) is 19.1. The molecule has 1 fully saturated rings. The van der Waals surface area contributed by atoms with Crippen LogP contribution in [0.5, 0.6) is 0 Å². The zero-order valence-electron chi connectivity index (χ0n) is 28.2. The van der Waals surface area contributed by atoms with Gasteiger partial charge in [-0.2, -0.15) is 0 Å². The van der Waals surface area contributed by atoms with E-state index in [2.05, 4.69) is 52.3 Å². The number of aryl methyl sites for hydroxylation is 1. The standard InChI is InChI=1S/C11H15F.C7H14.C6H6FN.C3H6.4C2H6/c1-8(2)9-5-4-6-10(3)7-11(9,10)12;1-4-6-7(3)5-2;1-5-2-3-8-4-6(5)7;1-3-2;4*1-2/h4-6,8H,7H2,1-3H3;6H,4-5H2,1-3H3;2-4H,1H3;3H,1H2,2H3;4*1-2H3/b;7-6-;;;;;;. The lowest BCUT2D eigenvalue weighted by molar-refractivity contribution is 0.286. The Morgan fingerprint density at radius 2 is 1.55 bits per heavy atom. The molecule has 0 amide bonds. The van der Waals surface area contributed by atoms with Crippen LogP contribution in [0.3, 0.4) is 0 Å². The quantitative estimate of drug-likeness (QED) is 0.349. The summed E-state index contributed by atoms with van der Waals surface area (Å²) >= 11 is 0. The summed E-state index contributed by atoms with van der Waals surface area (Å²) in [7, 11) is 0. The molecule has 1 aromatic heterocycles. The number of pyridine rings is 1. The number of hydrogen-bond acceptors (Lipinski definition) is 1. The predicted octanol–water partition coefficient (Wildman–Crippen LogP) is 12.8. The Morgan fingerprint density at radius 1 is 1.08 bits per heavy atom. The van der Waals surface area contributed by atoms with Crippen LogP contribution in [0.2, 0.25) is 0 Å². The van der Waals surface area contributed by atoms with E-state index in [9.17, 15) is 8.78 Å². The van der Waals surface area contributed by atoms with Crippen LogP contribution in [0.25, 0.3) is 0 Å². The highest BCUT2D eigenvalue weighted by molar-refractivity contribution is 5.45. The summed E-state index contributed by atoms with van der Waals surface area (Å²) in [4.78, 5) is 3.57. The lowest BCUT2D eigenvalue weighted by Crippen LogP contribution is -2.19. The first kappa shape index (κ1) is 45.9. The molecular weight excluding hydrogens is 472 g/mol. The number of rotatable bonds is 3. The molecule has 2 aliphatic carbocycles. The molecule has 3 rings (SSSR count). The average Bonchev–Trinajstić information content (AvgIpc) is 3.53. The predicted molar refractivity (Wildman–Crippen MR) is 173 cm³/mol. The van der Waals surface area contributed by atoms with Crippen molar-refractivity contribution in [3.8, 4) is 0 Å². The minimum absolute atomic E-state index is 0.179. The Balaban J connectivity index is -0.000000124. The summed E-state index contributed by atoms with van der Waals surface area (Å²) in [5.41, 5.74) is 1.94. The highest BCUT2D eigenvalue weighted by Gasteiger charge is 2.67. The van der Waals surface area contributed by atoms with E-state index in [0.717, 1.165) is 5.57 Å². The van der Waals surface area contributed by atoms with E-state index >= 15 is 0 Å². The van der Waals surface area contributed by atoms with Gasteiger partial charge in [0.2, 0.25) is 0 Å². The number of allylic oxidation sites excluding steroid dienone is 7. The molecule has 2 aliphatic rings. The van der Waals surface area contributed by atoms with Gasteiger partial charge in [-0.1, -0.05) is 126 Å². The second kappa shape index (κ2) is 29.5. The lowest BCUT2D eigenvalue weighted by atomic mass is 9.87. The molecule has 1 heterocycles. The molecule has 2 atom stereocenters. The van der Waals surface area contributed by atoms with Crippen LogP contribution in [0.1, 0.15) is 129 Å². The summed E-state index contributed by atoms with van der Waals surface area (Å²) in [6.07, 6.45) is 15.8. The third kappa shape index (κ3) is 19.1. The molecular formula is C35H65F2N. The van der Waals surface area contributed by atoms with Crippen LogP contribution in [0.4, 0.5) is 8.78 Å². The van der Waals surface area contributed by atoms with Crippen LogP contribution in [-0.4, -0.2) is 10.7 Å². The van der Waals surface area contributed by atoms with Gasteiger partial charge in [-0.15, -0.1) is 6.58 Å². The Bertz CT molecular complexity index is 725. The van der Waals surface area contributed by atoms with Gasteiger partial charge in [-0.3, -0.25) is 4.98 Å². The molecule has 1 nitrogen and oxygen atoms in total. The van der Waals surface area contributed by atoms with Crippen molar-refractivity contribution in [2.24, 2.45) is 11.3 Å². The van der Waals surface area contributed by atoms with Crippen molar-refractivity contribution in [2.45, 2.75) is 136 Å². The fourth-order valence-corrected chi connectivity index (χ4v) is 3.17. The molecule has 3 heteroatoms. The molecule has 0 saturated heterocycles. The Hall–Kier alpha value is -2.03. The van der Waals surface area contributed by atoms with E-state index in [1.807, 2.05) is 87.5 Å². The number of aromatic nitrogens is 1. The van der Waals surface area contributed by atoms with Crippen LogP contribution in [0.15, 0.2) is 66.6 Å². The zero-order chi connectivity index (χ0) is 31.4. The minimum atomic E-state index is -1.00. The topological polar surface area (TPSA) is 12.9 Å². The number of halogens is 2. The van der Waals surface area contributed by atoms with Gasteiger partial charge in [0.25, 0.3) is 0 Å². The van der Waals surface area contributed by atoms with Gasteiger partial charge in [-0.05, 0) is 63.2 Å². The first-order valence-electron chi connectivity index (χ1n) is 14.9. The number of hydrogen-bond donors (Lipinski definition) is 0. The van der Waals surface area contributed by atoms with Crippen LogP contribution < -0.4 is 0 Å². The largest absolute Gasteiger partial charge is 0.262 e. The van der Waals surface area contributed by atoms with E-state index < -0.39 is 5.67 Å². The summed E-state index contributed by atoms with van der Waals surface area (Å²) in [6, 6.07) is 1.63. The maximum absolute atomic E-state index is 14.1. The van der Waals surface area contributed by atoms with Crippen molar-refractivity contribution in [2.75, 3.05) is 0 Å². The van der Waals surface area contributed by atoms with Crippen molar-refractivity contribution in [1.29, 1.82) is 0 Å². The molecule has 1 aromatic rings. The zero-order valence-corrected chi connectivity index (χ0v) is 28.2. The molecule has 224 valence electrons. The van der Waals surface area contributed by atoms with Crippen LogP contribution in [-0.2, 0) is 0 Å². The molecule has 38 heavy (non-hydrogen) atoms. The molecule has 0 spiro atoms. The second-order valence-corrected chi connectivity index (χ2v) is 8.38. The van der Waals surface area contributed by atoms with Gasteiger partial charge in [0.05, 0.1) is 6.20 Å². The highest BCUT2D eigenvalue weighted by Crippen LogP contribution is 2.66. The van der Waals surface area contributed by atoms with Gasteiger partial charge in [-0.25, -0.2) is 8.78 Å². The Morgan fingerprint density at radius 3 is 1.82 bits per heavy atom.